The van der Waals surface area contributed by atoms with Crippen LogP contribution in [-0.4, -0.2) is 0 Å². The lowest BCUT2D eigenvalue weighted by atomic mass is 9.89. The van der Waals surface area contributed by atoms with E-state index in [-0.39, 0.29) is 0 Å². The Balaban J connectivity index is 3.05. The molecule has 0 N–H and O–H groups in total. The summed E-state index contributed by atoms with van der Waals surface area (Å²) in [4.78, 5) is 0. The lowest BCUT2D eigenvalue weighted by Crippen LogP contribution is -2.03. The zero-order chi connectivity index (χ0) is 10.7. The molecule has 0 amide bonds. The van der Waals surface area contributed by atoms with E-state index in [0.717, 1.165) is 0 Å². The van der Waals surface area contributed by atoms with E-state index in [4.69, 9.17) is 23.2 Å². The van der Waals surface area contributed by atoms with E-state index in [1.165, 1.54) is 5.56 Å². The monoisotopic (exact) mass is 228 g/mol. The van der Waals surface area contributed by atoms with Crippen molar-refractivity contribution in [3.05, 3.63) is 46.5 Å². The summed E-state index contributed by atoms with van der Waals surface area (Å²) in [5.41, 5.74) is 1.17. The first-order valence-corrected chi connectivity index (χ1v) is 5.39. The number of halogens is 2. The maximum Gasteiger partial charge on any atom is 0.0595 e. The Kier molecular flexibility index (Phi) is 4.03. The molecular weight excluding hydrogens is 215 g/mol. The number of hydrogen-bond acceptors (Lipinski definition) is 0. The standard InChI is InChI=1S/C12H14Cl2/c1-4-10(8(2)3)9-5-6-11(13)12(14)7-9/h4-8,10H,1H2,2-3H3/t10-/m0/s1. The number of hydrogen-bond donors (Lipinski definition) is 0. The smallest absolute Gasteiger partial charge is 0.0595 e. The minimum absolute atomic E-state index is 0.338. The fourth-order valence-corrected chi connectivity index (χ4v) is 1.82. The molecule has 0 aliphatic heterocycles. The average Bonchev–Trinajstić information content (AvgIpc) is 2.11. The van der Waals surface area contributed by atoms with E-state index < -0.39 is 0 Å². The molecule has 1 aromatic carbocycles. The first-order valence-electron chi connectivity index (χ1n) is 4.63. The molecule has 1 atom stereocenters. The van der Waals surface area contributed by atoms with Crippen molar-refractivity contribution in [1.82, 2.24) is 0 Å². The van der Waals surface area contributed by atoms with Gasteiger partial charge in [-0.25, -0.2) is 0 Å². The van der Waals surface area contributed by atoms with E-state index in [0.29, 0.717) is 21.9 Å². The third-order valence-corrected chi connectivity index (χ3v) is 3.04. The second-order valence-corrected chi connectivity index (χ2v) is 4.49. The van der Waals surface area contributed by atoms with Crippen molar-refractivity contribution in [2.75, 3.05) is 0 Å². The van der Waals surface area contributed by atoms with Gasteiger partial charge in [0.25, 0.3) is 0 Å². The summed E-state index contributed by atoms with van der Waals surface area (Å²) in [5, 5.41) is 1.21. The van der Waals surface area contributed by atoms with Crippen LogP contribution in [0.4, 0.5) is 0 Å². The molecule has 0 saturated heterocycles. The van der Waals surface area contributed by atoms with E-state index in [1.54, 1.807) is 0 Å². The maximum atomic E-state index is 5.95. The highest BCUT2D eigenvalue weighted by molar-refractivity contribution is 6.42. The predicted octanol–water partition coefficient (Wildman–Crippen LogP) is 4.92. The lowest BCUT2D eigenvalue weighted by Gasteiger charge is -2.17. The van der Waals surface area contributed by atoms with Crippen LogP contribution in [0.5, 0.6) is 0 Å². The summed E-state index contributed by atoms with van der Waals surface area (Å²) in [6.07, 6.45) is 1.95. The van der Waals surface area contributed by atoms with Gasteiger partial charge in [-0.2, -0.15) is 0 Å². The SMILES string of the molecule is C=C[C@H](c1ccc(Cl)c(Cl)c1)C(C)C. The van der Waals surface area contributed by atoms with Crippen molar-refractivity contribution in [2.45, 2.75) is 19.8 Å². The Morgan fingerprint density at radius 1 is 1.21 bits per heavy atom. The third-order valence-electron chi connectivity index (χ3n) is 2.30. The summed E-state index contributed by atoms with van der Waals surface area (Å²) in [6, 6.07) is 5.74. The molecule has 2 heteroatoms. The van der Waals surface area contributed by atoms with E-state index >= 15 is 0 Å². The van der Waals surface area contributed by atoms with Gasteiger partial charge in [-0.05, 0) is 23.6 Å². The van der Waals surface area contributed by atoms with Crippen LogP contribution in [0.15, 0.2) is 30.9 Å². The van der Waals surface area contributed by atoms with Crippen LogP contribution in [-0.2, 0) is 0 Å². The summed E-state index contributed by atoms with van der Waals surface area (Å²) < 4.78 is 0. The molecule has 0 aliphatic rings. The summed E-state index contributed by atoms with van der Waals surface area (Å²) in [5.74, 6) is 0.856. The number of rotatable bonds is 3. The second-order valence-electron chi connectivity index (χ2n) is 3.68. The highest BCUT2D eigenvalue weighted by Gasteiger charge is 2.12. The zero-order valence-corrected chi connectivity index (χ0v) is 9.94. The largest absolute Gasteiger partial charge is 0.102 e. The Bertz CT molecular complexity index is 329. The van der Waals surface area contributed by atoms with E-state index in [1.807, 2.05) is 24.3 Å². The van der Waals surface area contributed by atoms with Crippen molar-refractivity contribution in [3.8, 4) is 0 Å². The second kappa shape index (κ2) is 4.86. The van der Waals surface area contributed by atoms with Crippen molar-refractivity contribution in [3.63, 3.8) is 0 Å². The fourth-order valence-electron chi connectivity index (χ4n) is 1.51. The summed E-state index contributed by atoms with van der Waals surface area (Å²) in [6.45, 7) is 8.16. The molecule has 0 nitrogen and oxygen atoms in total. The Morgan fingerprint density at radius 3 is 2.29 bits per heavy atom. The van der Waals surface area contributed by atoms with E-state index in [2.05, 4.69) is 20.4 Å². The van der Waals surface area contributed by atoms with Gasteiger partial charge < -0.3 is 0 Å². The molecule has 14 heavy (non-hydrogen) atoms. The molecule has 0 bridgehead atoms. The molecule has 0 unspecified atom stereocenters. The molecule has 0 spiro atoms. The van der Waals surface area contributed by atoms with Crippen molar-refractivity contribution in [2.24, 2.45) is 5.92 Å². The van der Waals surface area contributed by atoms with E-state index in [9.17, 15) is 0 Å². The number of benzene rings is 1. The minimum Gasteiger partial charge on any atom is -0.102 e. The highest BCUT2D eigenvalue weighted by atomic mass is 35.5. The van der Waals surface area contributed by atoms with Gasteiger partial charge in [-0.3, -0.25) is 0 Å². The van der Waals surface area contributed by atoms with Gasteiger partial charge in [0.15, 0.2) is 0 Å². The predicted molar refractivity (Wildman–Crippen MR) is 64.2 cm³/mol. The molecule has 1 aromatic rings. The van der Waals surface area contributed by atoms with Crippen LogP contribution in [0.25, 0.3) is 0 Å². The molecule has 0 fully saturated rings. The fraction of sp³-hybridized carbons (Fsp3) is 0.333. The maximum absolute atomic E-state index is 5.95. The molecule has 0 radical (unpaired) electrons. The van der Waals surface area contributed by atoms with Gasteiger partial charge in [-0.15, -0.1) is 6.58 Å². The normalized spacial score (nSPS) is 12.9. The van der Waals surface area contributed by atoms with Crippen molar-refractivity contribution < 1.29 is 0 Å². The summed E-state index contributed by atoms with van der Waals surface area (Å²) >= 11 is 11.8. The van der Waals surface area contributed by atoms with Gasteiger partial charge in [0.1, 0.15) is 0 Å². The van der Waals surface area contributed by atoms with Crippen molar-refractivity contribution in [1.29, 1.82) is 0 Å². The molecule has 0 aromatic heterocycles. The Morgan fingerprint density at radius 2 is 1.86 bits per heavy atom. The summed E-state index contributed by atoms with van der Waals surface area (Å²) in [7, 11) is 0. The van der Waals surface area contributed by atoms with Crippen molar-refractivity contribution >= 4 is 23.2 Å². The van der Waals surface area contributed by atoms with Crippen LogP contribution in [0.2, 0.25) is 10.0 Å². The molecular formula is C12H14Cl2. The quantitative estimate of drug-likeness (QED) is 0.645. The van der Waals surface area contributed by atoms with Gasteiger partial charge in [0.05, 0.1) is 10.0 Å². The van der Waals surface area contributed by atoms with Crippen LogP contribution in [0.1, 0.15) is 25.3 Å². The minimum atomic E-state index is 0.338. The van der Waals surface area contributed by atoms with Crippen LogP contribution in [0, 0.1) is 5.92 Å². The topological polar surface area (TPSA) is 0 Å². The van der Waals surface area contributed by atoms with Gasteiger partial charge in [0.2, 0.25) is 0 Å². The van der Waals surface area contributed by atoms with Crippen LogP contribution >= 0.6 is 23.2 Å². The molecule has 0 heterocycles. The van der Waals surface area contributed by atoms with Gasteiger partial charge in [-0.1, -0.05) is 49.2 Å². The lowest BCUT2D eigenvalue weighted by molar-refractivity contribution is 0.579. The molecule has 0 aliphatic carbocycles. The highest BCUT2D eigenvalue weighted by Crippen LogP contribution is 2.30. The molecule has 0 saturated carbocycles. The first kappa shape index (κ1) is 11.6. The van der Waals surface area contributed by atoms with Gasteiger partial charge >= 0.3 is 0 Å². The third kappa shape index (κ3) is 2.52. The zero-order valence-electron chi connectivity index (χ0n) is 8.43. The first-order chi connectivity index (χ1) is 6.56. The molecule has 1 rings (SSSR count). The Labute approximate surface area is 95.5 Å². The van der Waals surface area contributed by atoms with Crippen LogP contribution in [0.3, 0.4) is 0 Å². The van der Waals surface area contributed by atoms with Crippen LogP contribution < -0.4 is 0 Å². The molecule has 76 valence electrons. The van der Waals surface area contributed by atoms with Gasteiger partial charge in [0, 0.05) is 5.92 Å². The number of allylic oxidation sites excluding steroid dienone is 1. The average molecular weight is 229 g/mol. The Hall–Kier alpha value is -0.460.